The highest BCUT2D eigenvalue weighted by Gasteiger charge is 2.44. The van der Waals surface area contributed by atoms with Crippen molar-refractivity contribution in [3.05, 3.63) is 21.9 Å². The number of aliphatic hydroxyl groups is 1. The minimum atomic E-state index is -0.0334. The second-order valence-corrected chi connectivity index (χ2v) is 7.57. The highest BCUT2D eigenvalue weighted by Crippen LogP contribution is 2.49. The first-order valence-corrected chi connectivity index (χ1v) is 7.69. The van der Waals surface area contributed by atoms with Crippen molar-refractivity contribution in [3.8, 4) is 0 Å². The number of nitrogens with one attached hydrogen (secondary N) is 1. The van der Waals surface area contributed by atoms with Gasteiger partial charge in [0, 0.05) is 34.7 Å². The van der Waals surface area contributed by atoms with E-state index in [1.165, 1.54) is 9.75 Å². The minimum absolute atomic E-state index is 0.0334. The van der Waals surface area contributed by atoms with Crippen LogP contribution in [0.15, 0.2) is 12.1 Å². The molecular formula is C15H23NO2S. The molecule has 0 bridgehead atoms. The number of amides is 1. The van der Waals surface area contributed by atoms with Crippen LogP contribution >= 0.6 is 11.3 Å². The van der Waals surface area contributed by atoms with Crippen LogP contribution in [0.2, 0.25) is 0 Å². The fraction of sp³-hybridized carbons (Fsp3) is 0.667. The molecule has 0 radical (unpaired) electrons. The quantitative estimate of drug-likeness (QED) is 0.842. The summed E-state index contributed by atoms with van der Waals surface area (Å²) in [6.45, 7) is 7.04. The normalized spacial score (nSPS) is 22.3. The molecule has 1 heterocycles. The molecule has 2 unspecified atom stereocenters. The van der Waals surface area contributed by atoms with Crippen LogP contribution in [0.1, 0.15) is 42.4 Å². The van der Waals surface area contributed by atoms with Crippen LogP contribution in [0.4, 0.5) is 0 Å². The molecule has 0 aromatic carbocycles. The van der Waals surface area contributed by atoms with Crippen molar-refractivity contribution in [1.82, 2.24) is 5.32 Å². The largest absolute Gasteiger partial charge is 0.396 e. The zero-order valence-corrected chi connectivity index (χ0v) is 12.7. The van der Waals surface area contributed by atoms with Gasteiger partial charge in [0.05, 0.1) is 0 Å². The molecule has 19 heavy (non-hydrogen) atoms. The van der Waals surface area contributed by atoms with E-state index < -0.39 is 0 Å². The van der Waals surface area contributed by atoms with Gasteiger partial charge in [-0.2, -0.15) is 0 Å². The number of thiophene rings is 1. The van der Waals surface area contributed by atoms with E-state index >= 15 is 0 Å². The van der Waals surface area contributed by atoms with Gasteiger partial charge in [0.25, 0.3) is 0 Å². The van der Waals surface area contributed by atoms with Crippen LogP contribution in [0.5, 0.6) is 0 Å². The number of rotatable bonds is 6. The summed E-state index contributed by atoms with van der Waals surface area (Å²) in [5.74, 6) is 0.754. The van der Waals surface area contributed by atoms with Crippen LogP contribution < -0.4 is 5.32 Å². The Morgan fingerprint density at radius 1 is 1.53 bits per heavy atom. The molecule has 0 aliphatic heterocycles. The molecule has 1 aromatic heterocycles. The molecule has 2 rings (SSSR count). The lowest BCUT2D eigenvalue weighted by atomic mass is 9.90. The average Bonchev–Trinajstić information content (AvgIpc) is 3.02. The lowest BCUT2D eigenvalue weighted by Crippen LogP contribution is -2.35. The van der Waals surface area contributed by atoms with Gasteiger partial charge in [0.1, 0.15) is 0 Å². The zero-order chi connectivity index (χ0) is 14.0. The molecule has 106 valence electrons. The Bertz CT molecular complexity index is 453. The lowest BCUT2D eigenvalue weighted by molar-refractivity contribution is -0.122. The second kappa shape index (κ2) is 5.63. The highest BCUT2D eigenvalue weighted by atomic mass is 32.1. The van der Waals surface area contributed by atoms with Gasteiger partial charge < -0.3 is 10.4 Å². The number of aryl methyl sites for hydroxylation is 1. The summed E-state index contributed by atoms with van der Waals surface area (Å²) in [4.78, 5) is 14.7. The van der Waals surface area contributed by atoms with Crippen LogP contribution in [-0.2, 0) is 4.79 Å². The molecular weight excluding hydrogens is 258 g/mol. The maximum absolute atomic E-state index is 12.1. The van der Waals surface area contributed by atoms with Crippen LogP contribution in [0, 0.1) is 18.3 Å². The molecule has 1 aliphatic carbocycles. The smallest absolute Gasteiger partial charge is 0.223 e. The van der Waals surface area contributed by atoms with E-state index in [1.54, 1.807) is 11.3 Å². The van der Waals surface area contributed by atoms with Gasteiger partial charge in [0.15, 0.2) is 0 Å². The van der Waals surface area contributed by atoms with Crippen molar-refractivity contribution in [3.63, 3.8) is 0 Å². The molecule has 1 aromatic rings. The predicted molar refractivity (Wildman–Crippen MR) is 78.4 cm³/mol. The van der Waals surface area contributed by atoms with E-state index in [4.69, 9.17) is 5.11 Å². The lowest BCUT2D eigenvalue weighted by Gasteiger charge is -2.23. The van der Waals surface area contributed by atoms with Gasteiger partial charge in [-0.15, -0.1) is 11.3 Å². The summed E-state index contributed by atoms with van der Waals surface area (Å²) in [5.41, 5.74) is -0.0334. The highest BCUT2D eigenvalue weighted by molar-refractivity contribution is 7.12. The van der Waals surface area contributed by atoms with Gasteiger partial charge >= 0.3 is 0 Å². The van der Waals surface area contributed by atoms with Gasteiger partial charge in [-0.3, -0.25) is 4.79 Å². The molecule has 2 N–H and O–H groups in total. The fourth-order valence-corrected chi connectivity index (χ4v) is 3.36. The van der Waals surface area contributed by atoms with Gasteiger partial charge in [-0.1, -0.05) is 13.8 Å². The summed E-state index contributed by atoms with van der Waals surface area (Å²) in [6.07, 6.45) is 1.69. The van der Waals surface area contributed by atoms with Crippen molar-refractivity contribution >= 4 is 17.2 Å². The molecule has 3 nitrogen and oxygen atoms in total. The Balaban J connectivity index is 1.80. The summed E-state index contributed by atoms with van der Waals surface area (Å²) < 4.78 is 0. The SMILES string of the molecule is Cc1ccc(C2CC2C(=O)NCC(C)(C)CCO)s1. The van der Waals surface area contributed by atoms with Crippen LogP contribution in [0.3, 0.4) is 0 Å². The number of hydrogen-bond acceptors (Lipinski definition) is 3. The number of carbonyl (C=O) groups excluding carboxylic acids is 1. The van der Waals surface area contributed by atoms with Gasteiger partial charge in [0.2, 0.25) is 5.91 Å². The first kappa shape index (κ1) is 14.5. The molecule has 1 saturated carbocycles. The van der Waals surface area contributed by atoms with E-state index in [0.717, 1.165) is 6.42 Å². The minimum Gasteiger partial charge on any atom is -0.396 e. The molecule has 0 saturated heterocycles. The molecule has 2 atom stereocenters. The first-order chi connectivity index (χ1) is 8.93. The third kappa shape index (κ3) is 3.80. The monoisotopic (exact) mass is 281 g/mol. The third-order valence-corrected chi connectivity index (χ3v) is 4.92. The average molecular weight is 281 g/mol. The Morgan fingerprint density at radius 2 is 2.26 bits per heavy atom. The molecule has 1 fully saturated rings. The van der Waals surface area contributed by atoms with Gasteiger partial charge in [-0.25, -0.2) is 0 Å². The summed E-state index contributed by atoms with van der Waals surface area (Å²) in [6, 6.07) is 4.27. The molecule has 0 spiro atoms. The number of aliphatic hydroxyl groups excluding tert-OH is 1. The van der Waals surface area contributed by atoms with Crippen molar-refractivity contribution in [2.24, 2.45) is 11.3 Å². The maximum atomic E-state index is 12.1. The van der Waals surface area contributed by atoms with Crippen molar-refractivity contribution in [2.45, 2.75) is 39.5 Å². The second-order valence-electron chi connectivity index (χ2n) is 6.25. The van der Waals surface area contributed by atoms with E-state index in [2.05, 4.69) is 38.2 Å². The Labute approximate surface area is 119 Å². The third-order valence-electron chi connectivity index (χ3n) is 3.78. The first-order valence-electron chi connectivity index (χ1n) is 6.88. The van der Waals surface area contributed by atoms with Crippen molar-refractivity contribution < 1.29 is 9.90 Å². The summed E-state index contributed by atoms with van der Waals surface area (Å²) in [5, 5.41) is 12.0. The molecule has 1 amide bonds. The van der Waals surface area contributed by atoms with E-state index in [0.29, 0.717) is 18.9 Å². The summed E-state index contributed by atoms with van der Waals surface area (Å²) in [7, 11) is 0. The summed E-state index contributed by atoms with van der Waals surface area (Å²) >= 11 is 1.80. The topological polar surface area (TPSA) is 49.3 Å². The number of hydrogen-bond donors (Lipinski definition) is 2. The van der Waals surface area contributed by atoms with E-state index in [1.807, 2.05) is 0 Å². The van der Waals surface area contributed by atoms with Crippen LogP contribution in [0.25, 0.3) is 0 Å². The van der Waals surface area contributed by atoms with E-state index in [9.17, 15) is 4.79 Å². The number of carbonyl (C=O) groups is 1. The zero-order valence-electron chi connectivity index (χ0n) is 11.9. The maximum Gasteiger partial charge on any atom is 0.223 e. The fourth-order valence-electron chi connectivity index (χ4n) is 2.30. The Hall–Kier alpha value is -0.870. The van der Waals surface area contributed by atoms with Crippen molar-refractivity contribution in [2.75, 3.05) is 13.2 Å². The standard InChI is InChI=1S/C15H23NO2S/c1-10-4-5-13(19-10)11-8-12(11)14(18)16-9-15(2,3)6-7-17/h4-5,11-12,17H,6-9H2,1-3H3,(H,16,18). The molecule has 4 heteroatoms. The Kier molecular flexibility index (Phi) is 4.31. The van der Waals surface area contributed by atoms with Crippen LogP contribution in [-0.4, -0.2) is 24.2 Å². The van der Waals surface area contributed by atoms with Crippen molar-refractivity contribution in [1.29, 1.82) is 0 Å². The predicted octanol–water partition coefficient (Wildman–Crippen LogP) is 2.68. The van der Waals surface area contributed by atoms with E-state index in [-0.39, 0.29) is 23.8 Å². The molecule has 1 aliphatic rings. The van der Waals surface area contributed by atoms with Gasteiger partial charge in [-0.05, 0) is 37.3 Å². The Morgan fingerprint density at radius 3 is 2.84 bits per heavy atom.